The third-order valence-corrected chi connectivity index (χ3v) is 2.23. The summed E-state index contributed by atoms with van der Waals surface area (Å²) in [5.41, 5.74) is 21.0. The van der Waals surface area contributed by atoms with Gasteiger partial charge in [-0.2, -0.15) is 4.99 Å². The van der Waals surface area contributed by atoms with Crippen LogP contribution in [-0.2, 0) is 0 Å². The van der Waals surface area contributed by atoms with E-state index in [1.54, 1.807) is 6.26 Å². The van der Waals surface area contributed by atoms with Gasteiger partial charge in [-0.25, -0.2) is 9.97 Å². The van der Waals surface area contributed by atoms with Crippen LogP contribution >= 0.6 is 11.8 Å². The topological polar surface area (TPSA) is 159 Å². The number of carbonyl (C=O) groups excluding carboxylic acids is 1. The maximum atomic E-state index is 11.5. The Morgan fingerprint density at radius 1 is 1.25 bits per heavy atom. The molecule has 1 amide bonds. The van der Waals surface area contributed by atoms with E-state index in [9.17, 15) is 4.79 Å². The zero-order valence-electron chi connectivity index (χ0n) is 8.47. The SMILES string of the molecule is CSc1nc(C(=O)N=C(N)N)c(N)nc1N. The number of nitrogens with zero attached hydrogens (tertiary/aromatic N) is 3. The third-order valence-electron chi connectivity index (χ3n) is 1.54. The predicted molar refractivity (Wildman–Crippen MR) is 62.8 cm³/mol. The van der Waals surface area contributed by atoms with Gasteiger partial charge in [0.1, 0.15) is 5.03 Å². The van der Waals surface area contributed by atoms with Crippen molar-refractivity contribution >= 4 is 35.3 Å². The number of aliphatic imine (C=N–C) groups is 1. The molecule has 0 aliphatic carbocycles. The van der Waals surface area contributed by atoms with Gasteiger partial charge >= 0.3 is 5.91 Å². The molecule has 0 saturated carbocycles. The van der Waals surface area contributed by atoms with Crippen molar-refractivity contribution in [3.05, 3.63) is 5.69 Å². The molecule has 86 valence electrons. The molecule has 0 atom stereocenters. The minimum Gasteiger partial charge on any atom is -0.382 e. The summed E-state index contributed by atoms with van der Waals surface area (Å²) in [5.74, 6) is -1.06. The molecule has 1 heterocycles. The van der Waals surface area contributed by atoms with E-state index in [-0.39, 0.29) is 23.3 Å². The van der Waals surface area contributed by atoms with Crippen LogP contribution in [0.4, 0.5) is 11.6 Å². The molecule has 0 spiro atoms. The van der Waals surface area contributed by atoms with Crippen LogP contribution in [0.2, 0.25) is 0 Å². The lowest BCUT2D eigenvalue weighted by molar-refractivity contribution is 0.0998. The number of anilines is 2. The lowest BCUT2D eigenvalue weighted by Gasteiger charge is -2.05. The number of rotatable bonds is 2. The molecule has 0 fully saturated rings. The summed E-state index contributed by atoms with van der Waals surface area (Å²) >= 11 is 1.24. The van der Waals surface area contributed by atoms with Crippen LogP contribution in [0.15, 0.2) is 10.0 Å². The van der Waals surface area contributed by atoms with Crippen molar-refractivity contribution in [1.82, 2.24) is 9.97 Å². The molecule has 1 aromatic heterocycles. The Bertz CT molecular complexity index is 454. The van der Waals surface area contributed by atoms with Crippen LogP contribution in [0.25, 0.3) is 0 Å². The lowest BCUT2D eigenvalue weighted by Crippen LogP contribution is -2.25. The fourth-order valence-corrected chi connectivity index (χ4v) is 1.36. The lowest BCUT2D eigenvalue weighted by atomic mass is 10.4. The number of guanidine groups is 1. The van der Waals surface area contributed by atoms with Crippen LogP contribution < -0.4 is 22.9 Å². The first-order valence-corrected chi connectivity index (χ1v) is 5.29. The molecule has 0 unspecified atom stereocenters. The molecular formula is C7H11N7OS. The molecule has 8 N–H and O–H groups in total. The molecule has 0 aliphatic rings. The number of aromatic nitrogens is 2. The van der Waals surface area contributed by atoms with Gasteiger partial charge < -0.3 is 22.9 Å². The zero-order chi connectivity index (χ0) is 12.3. The first kappa shape index (κ1) is 12.0. The third kappa shape index (κ3) is 2.51. The van der Waals surface area contributed by atoms with E-state index in [2.05, 4.69) is 15.0 Å². The minimum absolute atomic E-state index is 0.106. The van der Waals surface area contributed by atoms with Gasteiger partial charge in [0.15, 0.2) is 23.3 Å². The van der Waals surface area contributed by atoms with E-state index in [1.165, 1.54) is 11.8 Å². The fraction of sp³-hybridized carbons (Fsp3) is 0.143. The van der Waals surface area contributed by atoms with E-state index in [0.717, 1.165) is 0 Å². The first-order chi connectivity index (χ1) is 7.45. The van der Waals surface area contributed by atoms with Crippen molar-refractivity contribution in [2.24, 2.45) is 16.5 Å². The smallest absolute Gasteiger partial charge is 0.302 e. The van der Waals surface area contributed by atoms with Gasteiger partial charge in [-0.3, -0.25) is 4.79 Å². The highest BCUT2D eigenvalue weighted by atomic mass is 32.2. The predicted octanol–water partition coefficient (Wildman–Crippen LogP) is -1.22. The Morgan fingerprint density at radius 3 is 2.38 bits per heavy atom. The summed E-state index contributed by atoms with van der Waals surface area (Å²) in [6.45, 7) is 0. The summed E-state index contributed by atoms with van der Waals surface area (Å²) in [6, 6.07) is 0. The molecule has 0 aromatic carbocycles. The molecule has 16 heavy (non-hydrogen) atoms. The van der Waals surface area contributed by atoms with Gasteiger partial charge in [0, 0.05) is 0 Å². The Hall–Kier alpha value is -2.03. The second-order valence-corrected chi connectivity index (χ2v) is 3.49. The first-order valence-electron chi connectivity index (χ1n) is 4.06. The van der Waals surface area contributed by atoms with Crippen molar-refractivity contribution in [1.29, 1.82) is 0 Å². The Morgan fingerprint density at radius 2 is 1.88 bits per heavy atom. The van der Waals surface area contributed by atoms with Crippen molar-refractivity contribution in [3.8, 4) is 0 Å². The number of nitrogens with two attached hydrogens (primary N) is 4. The van der Waals surface area contributed by atoms with Crippen molar-refractivity contribution in [2.45, 2.75) is 5.03 Å². The van der Waals surface area contributed by atoms with Crippen molar-refractivity contribution in [2.75, 3.05) is 17.7 Å². The largest absolute Gasteiger partial charge is 0.382 e. The molecule has 1 aromatic rings. The van der Waals surface area contributed by atoms with Crippen LogP contribution in [0.3, 0.4) is 0 Å². The van der Waals surface area contributed by atoms with E-state index >= 15 is 0 Å². The van der Waals surface area contributed by atoms with Crippen LogP contribution in [0, 0.1) is 0 Å². The summed E-state index contributed by atoms with van der Waals surface area (Å²) in [7, 11) is 0. The second kappa shape index (κ2) is 4.66. The molecule has 0 bridgehead atoms. The minimum atomic E-state index is -0.750. The Kier molecular flexibility index (Phi) is 3.51. The number of hydrogen-bond donors (Lipinski definition) is 4. The van der Waals surface area contributed by atoms with E-state index in [4.69, 9.17) is 22.9 Å². The number of carbonyl (C=O) groups is 1. The van der Waals surface area contributed by atoms with Crippen molar-refractivity contribution in [3.63, 3.8) is 0 Å². The van der Waals surface area contributed by atoms with E-state index in [0.29, 0.717) is 5.03 Å². The summed E-state index contributed by atoms with van der Waals surface area (Å²) in [4.78, 5) is 22.5. The van der Waals surface area contributed by atoms with Crippen LogP contribution in [-0.4, -0.2) is 28.1 Å². The molecule has 8 nitrogen and oxygen atoms in total. The number of thioether (sulfide) groups is 1. The monoisotopic (exact) mass is 241 g/mol. The van der Waals surface area contributed by atoms with Crippen molar-refractivity contribution < 1.29 is 4.79 Å². The second-order valence-electron chi connectivity index (χ2n) is 2.69. The number of amides is 1. The molecule has 0 radical (unpaired) electrons. The standard InChI is InChI=1S/C7H11N7OS/c1-16-6-4(9)13-3(8)2(12-6)5(15)14-7(10)11/h1H3,(H4,8,9,13)(H4,10,11,14,15). The Labute approximate surface area is 95.5 Å². The van der Waals surface area contributed by atoms with Crippen LogP contribution in [0.5, 0.6) is 0 Å². The molecule has 0 saturated heterocycles. The summed E-state index contributed by atoms with van der Waals surface area (Å²) < 4.78 is 0. The highest BCUT2D eigenvalue weighted by Crippen LogP contribution is 2.21. The van der Waals surface area contributed by atoms with Gasteiger partial charge in [0.05, 0.1) is 0 Å². The van der Waals surface area contributed by atoms with Gasteiger partial charge in [-0.1, -0.05) is 0 Å². The molecule has 0 aliphatic heterocycles. The van der Waals surface area contributed by atoms with Crippen LogP contribution in [0.1, 0.15) is 10.5 Å². The zero-order valence-corrected chi connectivity index (χ0v) is 9.28. The maximum absolute atomic E-state index is 11.5. The highest BCUT2D eigenvalue weighted by Gasteiger charge is 2.15. The van der Waals surface area contributed by atoms with Gasteiger partial charge in [0.25, 0.3) is 0 Å². The van der Waals surface area contributed by atoms with Gasteiger partial charge in [0.2, 0.25) is 0 Å². The number of hydrogen-bond acceptors (Lipinski definition) is 6. The Balaban J connectivity index is 3.24. The summed E-state index contributed by atoms with van der Waals surface area (Å²) in [6.07, 6.45) is 1.74. The average molecular weight is 241 g/mol. The number of nitrogen functional groups attached to an aromatic ring is 2. The fourth-order valence-electron chi connectivity index (χ4n) is 0.924. The van der Waals surface area contributed by atoms with E-state index in [1.807, 2.05) is 0 Å². The van der Waals surface area contributed by atoms with Gasteiger partial charge in [-0.05, 0) is 6.26 Å². The summed E-state index contributed by atoms with van der Waals surface area (Å²) in [5, 5.41) is 0.392. The molecule has 1 rings (SSSR count). The average Bonchev–Trinajstić information content (AvgIpc) is 2.16. The molecule has 9 heteroatoms. The van der Waals surface area contributed by atoms with E-state index < -0.39 is 5.91 Å². The van der Waals surface area contributed by atoms with Gasteiger partial charge in [-0.15, -0.1) is 11.8 Å². The normalized spacial score (nSPS) is 9.81. The molecular weight excluding hydrogens is 230 g/mol. The highest BCUT2D eigenvalue weighted by molar-refractivity contribution is 7.98. The maximum Gasteiger partial charge on any atom is 0.302 e. The quantitative estimate of drug-likeness (QED) is 0.284.